The molecule has 0 aliphatic rings. The Balaban J connectivity index is 1.95. The number of benzene rings is 2. The molecule has 0 spiro atoms. The molecule has 2 aromatic rings. The Hall–Kier alpha value is -1.06. The van der Waals surface area contributed by atoms with Crippen LogP contribution in [0.5, 0.6) is 0 Å². The van der Waals surface area contributed by atoms with E-state index in [1.165, 1.54) is 0 Å². The second kappa shape index (κ2) is 9.16. The Morgan fingerprint density at radius 1 is 0.818 bits per heavy atom. The molecule has 0 radical (unpaired) electrons. The molecule has 0 heterocycles. The van der Waals surface area contributed by atoms with Gasteiger partial charge in [-0.15, -0.1) is 0 Å². The summed E-state index contributed by atoms with van der Waals surface area (Å²) in [5.74, 6) is 0.660. The first-order valence-corrected chi connectivity index (χ1v) is 9.65. The zero-order valence-corrected chi connectivity index (χ0v) is 14.2. The van der Waals surface area contributed by atoms with Crippen LogP contribution >= 0.6 is 20.2 Å². The predicted octanol–water partition coefficient (Wildman–Crippen LogP) is 4.93. The van der Waals surface area contributed by atoms with E-state index in [0.29, 0.717) is 31.5 Å². The fourth-order valence-corrected chi connectivity index (χ4v) is 3.90. The zero-order chi connectivity index (χ0) is 15.7. The van der Waals surface area contributed by atoms with Crippen molar-refractivity contribution in [2.24, 2.45) is 0 Å². The van der Waals surface area contributed by atoms with Gasteiger partial charge in [-0.2, -0.15) is 12.6 Å². The summed E-state index contributed by atoms with van der Waals surface area (Å²) in [6.45, 7) is 0.582. The molecule has 0 unspecified atom stereocenters. The lowest BCUT2D eigenvalue weighted by atomic mass is 10.2. The van der Waals surface area contributed by atoms with Crippen LogP contribution in [0.1, 0.15) is 17.5 Å². The number of hydrogen-bond donors (Lipinski definition) is 1. The van der Waals surface area contributed by atoms with Crippen molar-refractivity contribution in [1.29, 1.82) is 0 Å². The van der Waals surface area contributed by atoms with E-state index in [-0.39, 0.29) is 0 Å². The topological polar surface area (TPSA) is 35.5 Å². The van der Waals surface area contributed by atoms with Gasteiger partial charge in [0.05, 0.1) is 19.4 Å². The quantitative estimate of drug-likeness (QED) is 0.521. The van der Waals surface area contributed by atoms with Gasteiger partial charge in [0.2, 0.25) is 0 Å². The van der Waals surface area contributed by atoms with Crippen LogP contribution < -0.4 is 0 Å². The summed E-state index contributed by atoms with van der Waals surface area (Å²) in [6.07, 6.45) is 1.08. The van der Waals surface area contributed by atoms with Gasteiger partial charge in [0.1, 0.15) is 0 Å². The van der Waals surface area contributed by atoms with Crippen LogP contribution in [0.4, 0.5) is 0 Å². The predicted molar refractivity (Wildman–Crippen MR) is 93.4 cm³/mol. The second-order valence-electron chi connectivity index (χ2n) is 4.93. The van der Waals surface area contributed by atoms with Crippen LogP contribution in [0.2, 0.25) is 0 Å². The van der Waals surface area contributed by atoms with Gasteiger partial charge < -0.3 is 9.05 Å². The van der Waals surface area contributed by atoms with Gasteiger partial charge in [-0.3, -0.25) is 4.57 Å². The molecule has 0 fully saturated rings. The van der Waals surface area contributed by atoms with Crippen molar-refractivity contribution < 1.29 is 13.6 Å². The van der Waals surface area contributed by atoms with Gasteiger partial charge in [-0.25, -0.2) is 0 Å². The second-order valence-corrected chi connectivity index (χ2v) is 7.56. The summed E-state index contributed by atoms with van der Waals surface area (Å²) in [7, 11) is -3.12. The third-order valence-electron chi connectivity index (χ3n) is 3.13. The molecular formula is C17H21O3PS. The molecule has 0 atom stereocenters. The highest BCUT2D eigenvalue weighted by Crippen LogP contribution is 2.50. The van der Waals surface area contributed by atoms with E-state index in [0.717, 1.165) is 11.1 Å². The van der Waals surface area contributed by atoms with Crippen LogP contribution in [0, 0.1) is 0 Å². The minimum atomic E-state index is -3.12. The van der Waals surface area contributed by atoms with Gasteiger partial charge in [0.25, 0.3) is 0 Å². The van der Waals surface area contributed by atoms with Crippen molar-refractivity contribution >= 4 is 20.2 Å². The average Bonchev–Trinajstić information content (AvgIpc) is 2.59. The lowest BCUT2D eigenvalue weighted by molar-refractivity contribution is 0.191. The molecule has 0 aromatic heterocycles. The summed E-state index contributed by atoms with van der Waals surface area (Å²) in [4.78, 5) is 0. The van der Waals surface area contributed by atoms with Gasteiger partial charge in [-0.05, 0) is 23.3 Å². The van der Waals surface area contributed by atoms with Crippen molar-refractivity contribution in [3.05, 3.63) is 71.8 Å². The molecule has 0 bridgehead atoms. The maximum atomic E-state index is 12.8. The first-order chi connectivity index (χ1) is 10.7. The van der Waals surface area contributed by atoms with Crippen LogP contribution in [0.3, 0.4) is 0 Å². The van der Waals surface area contributed by atoms with Crippen molar-refractivity contribution in [2.45, 2.75) is 19.6 Å². The van der Waals surface area contributed by atoms with Crippen LogP contribution in [-0.2, 0) is 26.8 Å². The average molecular weight is 336 g/mol. The summed E-state index contributed by atoms with van der Waals surface area (Å²) in [6, 6.07) is 19.4. The molecule has 22 heavy (non-hydrogen) atoms. The lowest BCUT2D eigenvalue weighted by Crippen LogP contribution is -2.02. The number of hydrogen-bond acceptors (Lipinski definition) is 4. The Labute approximate surface area is 137 Å². The lowest BCUT2D eigenvalue weighted by Gasteiger charge is -2.18. The van der Waals surface area contributed by atoms with Crippen molar-refractivity contribution in [2.75, 3.05) is 11.9 Å². The normalized spacial score (nSPS) is 11.5. The molecule has 0 amide bonds. The third-order valence-corrected chi connectivity index (χ3v) is 5.36. The minimum Gasteiger partial charge on any atom is -0.304 e. The first-order valence-electron chi connectivity index (χ1n) is 7.29. The molecule has 0 N–H and O–H groups in total. The van der Waals surface area contributed by atoms with Gasteiger partial charge >= 0.3 is 7.60 Å². The Bertz CT molecular complexity index is 542. The first kappa shape index (κ1) is 17.3. The van der Waals surface area contributed by atoms with E-state index in [9.17, 15) is 4.57 Å². The summed E-state index contributed by atoms with van der Waals surface area (Å²) < 4.78 is 24.1. The van der Waals surface area contributed by atoms with Crippen molar-refractivity contribution in [3.63, 3.8) is 0 Å². The minimum absolute atomic E-state index is 0.291. The van der Waals surface area contributed by atoms with Crippen LogP contribution in [0.15, 0.2) is 60.7 Å². The molecule has 0 aliphatic heterocycles. The van der Waals surface area contributed by atoms with Crippen molar-refractivity contribution in [3.8, 4) is 0 Å². The standard InChI is InChI=1S/C17H21O3PS/c18-21(12-7-13-22,19-14-16-8-3-1-4-9-16)20-15-17-10-5-2-6-11-17/h1-6,8-11,22H,7,12-15H2. The Morgan fingerprint density at radius 2 is 1.27 bits per heavy atom. The SMILES string of the molecule is O=P(CCCS)(OCc1ccccc1)OCc1ccccc1. The van der Waals surface area contributed by atoms with E-state index < -0.39 is 7.60 Å². The van der Waals surface area contributed by atoms with E-state index in [2.05, 4.69) is 12.6 Å². The van der Waals surface area contributed by atoms with E-state index >= 15 is 0 Å². The Morgan fingerprint density at radius 3 is 1.68 bits per heavy atom. The van der Waals surface area contributed by atoms with E-state index in [1.807, 2.05) is 60.7 Å². The molecule has 2 rings (SSSR count). The van der Waals surface area contributed by atoms with Gasteiger partial charge in [-0.1, -0.05) is 60.7 Å². The third kappa shape index (κ3) is 5.98. The monoisotopic (exact) mass is 336 g/mol. The van der Waals surface area contributed by atoms with Gasteiger partial charge in [0.15, 0.2) is 0 Å². The molecule has 118 valence electrons. The van der Waals surface area contributed by atoms with Gasteiger partial charge in [0, 0.05) is 0 Å². The van der Waals surface area contributed by atoms with E-state index in [4.69, 9.17) is 9.05 Å². The molecule has 0 saturated carbocycles. The summed E-state index contributed by atoms with van der Waals surface area (Å²) >= 11 is 4.18. The fraction of sp³-hybridized carbons (Fsp3) is 0.294. The molecule has 2 aromatic carbocycles. The summed E-state index contributed by atoms with van der Waals surface area (Å²) in [5, 5.41) is 0. The van der Waals surface area contributed by atoms with Crippen LogP contribution in [-0.4, -0.2) is 11.9 Å². The van der Waals surface area contributed by atoms with Crippen molar-refractivity contribution in [1.82, 2.24) is 0 Å². The number of thiol groups is 1. The molecular weight excluding hydrogens is 315 g/mol. The number of rotatable bonds is 9. The maximum Gasteiger partial charge on any atom is 0.331 e. The largest absolute Gasteiger partial charge is 0.331 e. The summed E-state index contributed by atoms with van der Waals surface area (Å²) in [5.41, 5.74) is 1.97. The van der Waals surface area contributed by atoms with Crippen LogP contribution in [0.25, 0.3) is 0 Å². The molecule has 0 aliphatic carbocycles. The zero-order valence-electron chi connectivity index (χ0n) is 12.4. The highest BCUT2D eigenvalue weighted by Gasteiger charge is 2.24. The van der Waals surface area contributed by atoms with E-state index in [1.54, 1.807) is 0 Å². The highest BCUT2D eigenvalue weighted by atomic mass is 32.1. The smallest absolute Gasteiger partial charge is 0.304 e. The molecule has 5 heteroatoms. The molecule has 3 nitrogen and oxygen atoms in total. The maximum absolute atomic E-state index is 12.8. The fourth-order valence-electron chi connectivity index (χ4n) is 1.92. The Kier molecular flexibility index (Phi) is 7.20. The molecule has 0 saturated heterocycles. The highest BCUT2D eigenvalue weighted by molar-refractivity contribution is 7.80.